The maximum Gasteiger partial charge on any atom is 0.147 e. The van der Waals surface area contributed by atoms with Crippen LogP contribution in [0, 0.1) is 5.92 Å². The third-order valence-corrected chi connectivity index (χ3v) is 4.77. The molecule has 19 heavy (non-hydrogen) atoms. The van der Waals surface area contributed by atoms with Crippen LogP contribution in [0.3, 0.4) is 0 Å². The molecule has 2 saturated heterocycles. The number of hydrogen-bond donors (Lipinski definition) is 0. The summed E-state index contributed by atoms with van der Waals surface area (Å²) in [6.07, 6.45) is 7.56. The van der Waals surface area contributed by atoms with Gasteiger partial charge in [0, 0.05) is 19.1 Å². The van der Waals surface area contributed by atoms with Crippen LogP contribution in [0.4, 0.5) is 5.82 Å². The number of likely N-dealkylation sites (tertiary alicyclic amines) is 1. The predicted molar refractivity (Wildman–Crippen MR) is 77.6 cm³/mol. The monoisotopic (exact) mass is 280 g/mol. The van der Waals surface area contributed by atoms with E-state index in [1.807, 2.05) is 6.20 Å². The number of anilines is 1. The molecule has 0 bridgehead atoms. The predicted octanol–water partition coefficient (Wildman–Crippen LogP) is 2.14. The number of alkyl halides is 1. The molecular weight excluding hydrogens is 260 g/mol. The molecule has 4 nitrogen and oxygen atoms in total. The van der Waals surface area contributed by atoms with E-state index in [4.69, 9.17) is 11.6 Å². The SMILES string of the molecule is CN1CCCC2CN(c3cnc(CCl)cn3)CCC21. The van der Waals surface area contributed by atoms with Gasteiger partial charge in [0.1, 0.15) is 5.82 Å². The van der Waals surface area contributed by atoms with Crippen LogP contribution in [0.25, 0.3) is 0 Å². The largest absolute Gasteiger partial charge is 0.355 e. The van der Waals surface area contributed by atoms with Crippen LogP contribution in [-0.4, -0.2) is 47.6 Å². The second kappa shape index (κ2) is 5.63. The third kappa shape index (κ3) is 2.70. The van der Waals surface area contributed by atoms with E-state index < -0.39 is 0 Å². The number of rotatable bonds is 2. The number of fused-ring (bicyclic) bond motifs is 1. The van der Waals surface area contributed by atoms with E-state index in [2.05, 4.69) is 26.8 Å². The molecule has 2 aliphatic heterocycles. The average molecular weight is 281 g/mol. The molecule has 2 fully saturated rings. The van der Waals surface area contributed by atoms with Crippen molar-refractivity contribution in [3.63, 3.8) is 0 Å². The topological polar surface area (TPSA) is 32.3 Å². The summed E-state index contributed by atoms with van der Waals surface area (Å²) in [5.41, 5.74) is 0.845. The molecule has 3 heterocycles. The molecule has 3 rings (SSSR count). The highest BCUT2D eigenvalue weighted by Gasteiger charge is 2.34. The number of aromatic nitrogens is 2. The minimum Gasteiger partial charge on any atom is -0.355 e. The van der Waals surface area contributed by atoms with Crippen LogP contribution in [0.1, 0.15) is 25.0 Å². The molecular formula is C14H21ClN4. The molecule has 5 heteroatoms. The highest BCUT2D eigenvalue weighted by atomic mass is 35.5. The fourth-order valence-electron chi connectivity index (χ4n) is 3.44. The molecule has 2 atom stereocenters. The van der Waals surface area contributed by atoms with E-state index in [-0.39, 0.29) is 0 Å². The molecule has 0 aromatic carbocycles. The maximum absolute atomic E-state index is 5.75. The smallest absolute Gasteiger partial charge is 0.147 e. The van der Waals surface area contributed by atoms with Gasteiger partial charge in [-0.15, -0.1) is 11.6 Å². The van der Waals surface area contributed by atoms with Crippen molar-refractivity contribution in [2.45, 2.75) is 31.2 Å². The summed E-state index contributed by atoms with van der Waals surface area (Å²) in [6.45, 7) is 3.45. The second-order valence-corrected chi connectivity index (χ2v) is 5.95. The van der Waals surface area contributed by atoms with E-state index in [0.717, 1.165) is 36.6 Å². The lowest BCUT2D eigenvalue weighted by molar-refractivity contribution is 0.102. The molecule has 0 radical (unpaired) electrons. The summed E-state index contributed by atoms with van der Waals surface area (Å²) in [6, 6.07) is 0.764. The Morgan fingerprint density at radius 1 is 1.26 bits per heavy atom. The first-order valence-electron chi connectivity index (χ1n) is 7.10. The minimum absolute atomic E-state index is 0.433. The van der Waals surface area contributed by atoms with Gasteiger partial charge in [-0.3, -0.25) is 4.98 Å². The summed E-state index contributed by atoms with van der Waals surface area (Å²) in [4.78, 5) is 13.8. The number of halogens is 1. The number of piperidine rings is 2. The Morgan fingerprint density at radius 3 is 2.89 bits per heavy atom. The first-order valence-corrected chi connectivity index (χ1v) is 7.63. The summed E-state index contributed by atoms with van der Waals surface area (Å²) in [5.74, 6) is 2.21. The van der Waals surface area contributed by atoms with Crippen molar-refractivity contribution in [1.29, 1.82) is 0 Å². The van der Waals surface area contributed by atoms with Gasteiger partial charge in [0.25, 0.3) is 0 Å². The van der Waals surface area contributed by atoms with Gasteiger partial charge in [-0.05, 0) is 38.8 Å². The fourth-order valence-corrected chi connectivity index (χ4v) is 3.58. The quantitative estimate of drug-likeness (QED) is 0.777. The first-order chi connectivity index (χ1) is 9.28. The summed E-state index contributed by atoms with van der Waals surface area (Å²) in [5, 5.41) is 0. The molecule has 104 valence electrons. The first kappa shape index (κ1) is 13.1. The molecule has 1 aromatic rings. The van der Waals surface area contributed by atoms with Gasteiger partial charge in [-0.25, -0.2) is 4.98 Å². The van der Waals surface area contributed by atoms with Gasteiger partial charge < -0.3 is 9.80 Å². The Hall–Kier alpha value is -0.870. The highest BCUT2D eigenvalue weighted by molar-refractivity contribution is 6.16. The lowest BCUT2D eigenvalue weighted by Crippen LogP contribution is -2.52. The van der Waals surface area contributed by atoms with E-state index in [9.17, 15) is 0 Å². The molecule has 0 aliphatic carbocycles. The Balaban J connectivity index is 1.69. The standard InChI is InChI=1S/C14H21ClN4/c1-18-5-2-3-11-10-19(6-4-13(11)18)14-9-16-12(7-15)8-17-14/h8-9,11,13H,2-7,10H2,1H3. The van der Waals surface area contributed by atoms with Gasteiger partial charge in [0.2, 0.25) is 0 Å². The van der Waals surface area contributed by atoms with Crippen LogP contribution in [0.2, 0.25) is 0 Å². The van der Waals surface area contributed by atoms with Crippen LogP contribution in [-0.2, 0) is 5.88 Å². The summed E-state index contributed by atoms with van der Waals surface area (Å²) in [7, 11) is 2.27. The highest BCUT2D eigenvalue weighted by Crippen LogP contribution is 2.31. The molecule has 2 aliphatic rings. The van der Waals surface area contributed by atoms with Gasteiger partial charge in [0.15, 0.2) is 0 Å². The van der Waals surface area contributed by atoms with Gasteiger partial charge in [-0.1, -0.05) is 0 Å². The maximum atomic E-state index is 5.75. The van der Waals surface area contributed by atoms with Crippen molar-refractivity contribution in [2.75, 3.05) is 31.6 Å². The van der Waals surface area contributed by atoms with E-state index >= 15 is 0 Å². The van der Waals surface area contributed by atoms with Crippen LogP contribution < -0.4 is 4.90 Å². The van der Waals surface area contributed by atoms with Crippen molar-refractivity contribution in [1.82, 2.24) is 14.9 Å². The number of hydrogen-bond acceptors (Lipinski definition) is 4. The van der Waals surface area contributed by atoms with Crippen LogP contribution in [0.15, 0.2) is 12.4 Å². The fraction of sp³-hybridized carbons (Fsp3) is 0.714. The lowest BCUT2D eigenvalue weighted by Gasteiger charge is -2.46. The molecule has 0 N–H and O–H groups in total. The summed E-state index contributed by atoms with van der Waals surface area (Å²) >= 11 is 5.75. The zero-order valence-corrected chi connectivity index (χ0v) is 12.2. The third-order valence-electron chi connectivity index (χ3n) is 4.50. The van der Waals surface area contributed by atoms with E-state index in [0.29, 0.717) is 5.88 Å². The Morgan fingerprint density at radius 2 is 2.16 bits per heavy atom. The molecule has 0 saturated carbocycles. The number of nitrogens with zero attached hydrogens (tertiary/aromatic N) is 4. The van der Waals surface area contributed by atoms with Crippen LogP contribution in [0.5, 0.6) is 0 Å². The van der Waals surface area contributed by atoms with Crippen molar-refractivity contribution in [3.8, 4) is 0 Å². The molecule has 1 aromatic heterocycles. The molecule has 0 amide bonds. The van der Waals surface area contributed by atoms with E-state index in [1.165, 1.54) is 25.8 Å². The van der Waals surface area contributed by atoms with Crippen molar-refractivity contribution >= 4 is 17.4 Å². The van der Waals surface area contributed by atoms with E-state index in [1.54, 1.807) is 6.20 Å². The van der Waals surface area contributed by atoms with Crippen LogP contribution >= 0.6 is 11.6 Å². The Bertz CT molecular complexity index is 422. The zero-order valence-electron chi connectivity index (χ0n) is 11.4. The lowest BCUT2D eigenvalue weighted by atomic mass is 9.84. The van der Waals surface area contributed by atoms with Crippen molar-refractivity contribution in [3.05, 3.63) is 18.1 Å². The minimum atomic E-state index is 0.433. The average Bonchev–Trinajstić information content (AvgIpc) is 2.47. The zero-order chi connectivity index (χ0) is 13.2. The van der Waals surface area contributed by atoms with Gasteiger partial charge in [0.05, 0.1) is 24.0 Å². The van der Waals surface area contributed by atoms with Crippen molar-refractivity contribution in [2.24, 2.45) is 5.92 Å². The second-order valence-electron chi connectivity index (χ2n) is 5.68. The normalized spacial score (nSPS) is 28.2. The van der Waals surface area contributed by atoms with Gasteiger partial charge >= 0.3 is 0 Å². The van der Waals surface area contributed by atoms with Gasteiger partial charge in [-0.2, -0.15) is 0 Å². The summed E-state index contributed by atoms with van der Waals surface area (Å²) < 4.78 is 0. The molecule has 2 unspecified atom stereocenters. The Labute approximate surface area is 119 Å². The Kier molecular flexibility index (Phi) is 3.89. The van der Waals surface area contributed by atoms with Crippen molar-refractivity contribution < 1.29 is 0 Å². The molecule has 0 spiro atoms.